The summed E-state index contributed by atoms with van der Waals surface area (Å²) in [7, 11) is 0. The lowest BCUT2D eigenvalue weighted by molar-refractivity contribution is 0.329. The summed E-state index contributed by atoms with van der Waals surface area (Å²) >= 11 is 0. The Bertz CT molecular complexity index is 1320. The second-order valence-corrected chi connectivity index (χ2v) is 8.70. The molecule has 0 radical (unpaired) electrons. The number of rotatable bonds is 3. The summed E-state index contributed by atoms with van der Waals surface area (Å²) in [4.78, 5) is 8.80. The van der Waals surface area contributed by atoms with Crippen LogP contribution in [0.3, 0.4) is 0 Å². The minimum Gasteiger partial charge on any atom is -0.452 e. The normalized spacial score (nSPS) is 16.3. The Balaban J connectivity index is 1.47. The largest absolute Gasteiger partial charge is 0.452 e. The minimum atomic E-state index is 0.412. The lowest BCUT2D eigenvalue weighted by Gasteiger charge is -2.21. The van der Waals surface area contributed by atoms with Crippen molar-refractivity contribution >= 4 is 23.0 Å². The molecule has 1 aliphatic heterocycles. The zero-order valence-electron chi connectivity index (χ0n) is 17.6. The molecule has 4 aromatic rings. The fraction of sp³-hybridized carbons (Fsp3) is 0.320. The van der Waals surface area contributed by atoms with Crippen LogP contribution in [0.25, 0.3) is 33.4 Å². The van der Waals surface area contributed by atoms with Crippen LogP contribution < -0.4 is 5.73 Å². The van der Waals surface area contributed by atoms with E-state index in [1.807, 2.05) is 18.6 Å². The molecule has 6 nitrogen and oxygen atoms in total. The third kappa shape index (κ3) is 2.97. The van der Waals surface area contributed by atoms with E-state index in [2.05, 4.69) is 46.0 Å². The second kappa shape index (κ2) is 7.08. The number of nitrogens with two attached hydrogens (primary N) is 1. The maximum Gasteiger partial charge on any atom is 0.177 e. The van der Waals surface area contributed by atoms with Gasteiger partial charge in [0.05, 0.1) is 18.8 Å². The highest BCUT2D eigenvalue weighted by molar-refractivity contribution is 6.03. The average molecular weight is 412 g/mol. The van der Waals surface area contributed by atoms with Gasteiger partial charge in [-0.15, -0.1) is 0 Å². The summed E-state index contributed by atoms with van der Waals surface area (Å²) in [6, 6.07) is 6.86. The molecule has 1 aromatic carbocycles. The number of furan rings is 1. The molecule has 0 saturated heterocycles. The van der Waals surface area contributed by atoms with Crippen LogP contribution in [0, 0.1) is 6.92 Å². The summed E-state index contributed by atoms with van der Waals surface area (Å²) in [6.45, 7) is 2.84. The first kappa shape index (κ1) is 18.4. The number of nitrogens with zero attached hydrogens (tertiary/aromatic N) is 4. The van der Waals surface area contributed by atoms with E-state index in [0.717, 1.165) is 45.5 Å². The van der Waals surface area contributed by atoms with Gasteiger partial charge in [-0.25, -0.2) is 4.98 Å². The van der Waals surface area contributed by atoms with Crippen LogP contribution in [0.1, 0.15) is 54.8 Å². The van der Waals surface area contributed by atoms with Gasteiger partial charge < -0.3 is 10.2 Å². The van der Waals surface area contributed by atoms with Crippen molar-refractivity contribution in [2.75, 3.05) is 5.73 Å². The highest BCUT2D eigenvalue weighted by Crippen LogP contribution is 2.41. The third-order valence-corrected chi connectivity index (χ3v) is 6.74. The predicted octanol–water partition coefficient (Wildman–Crippen LogP) is 5.69. The Hall–Kier alpha value is -3.41. The van der Waals surface area contributed by atoms with E-state index in [0.29, 0.717) is 17.4 Å². The number of hydrogen-bond acceptors (Lipinski definition) is 5. The van der Waals surface area contributed by atoms with Gasteiger partial charge in [0, 0.05) is 46.2 Å². The first-order valence-electron chi connectivity index (χ1n) is 11.0. The monoisotopic (exact) mass is 411 g/mol. The molecule has 4 heterocycles. The number of aromatic nitrogens is 3. The molecule has 0 bridgehead atoms. The molecule has 3 aromatic heterocycles. The van der Waals surface area contributed by atoms with Crippen molar-refractivity contribution in [2.24, 2.45) is 4.99 Å². The molecule has 0 amide bonds. The van der Waals surface area contributed by atoms with Crippen molar-refractivity contribution in [1.29, 1.82) is 0 Å². The number of nitrogen functional groups attached to an aromatic ring is 1. The number of anilines is 1. The minimum absolute atomic E-state index is 0.412. The molecule has 6 heteroatoms. The van der Waals surface area contributed by atoms with Crippen LogP contribution in [0.2, 0.25) is 0 Å². The number of hydrogen-bond donors (Lipinski definition) is 1. The standard InChI is InChI=1S/C25H25N5O/c1-15-22-21(19-12-29-30(14-19)20-5-3-2-4-6-20)13-28-25(26)24(22)31-23(15)16-7-8-17-10-27-11-18(17)9-16/h7-9,11-14,20H,2-6,10H2,1H3,(H2,26,28). The van der Waals surface area contributed by atoms with Crippen LogP contribution in [-0.2, 0) is 6.54 Å². The Morgan fingerprint density at radius 2 is 1.97 bits per heavy atom. The van der Waals surface area contributed by atoms with Crippen LogP contribution in [0.5, 0.6) is 0 Å². The molecule has 6 rings (SSSR count). The maximum absolute atomic E-state index is 6.30. The van der Waals surface area contributed by atoms with Gasteiger partial charge in [-0.2, -0.15) is 5.10 Å². The third-order valence-electron chi connectivity index (χ3n) is 6.74. The first-order chi connectivity index (χ1) is 15.2. The van der Waals surface area contributed by atoms with Gasteiger partial charge in [0.15, 0.2) is 11.4 Å². The van der Waals surface area contributed by atoms with Crippen molar-refractivity contribution < 1.29 is 4.42 Å². The Labute approximate surface area is 180 Å². The number of aryl methyl sites for hydroxylation is 1. The van der Waals surface area contributed by atoms with E-state index in [-0.39, 0.29) is 0 Å². The number of pyridine rings is 1. The van der Waals surface area contributed by atoms with Crippen molar-refractivity contribution in [2.45, 2.75) is 51.6 Å². The molecule has 0 atom stereocenters. The lowest BCUT2D eigenvalue weighted by atomic mass is 9.95. The summed E-state index contributed by atoms with van der Waals surface area (Å²) in [5, 5.41) is 5.71. The van der Waals surface area contributed by atoms with E-state index in [1.54, 1.807) is 0 Å². The molecule has 1 aliphatic carbocycles. The zero-order chi connectivity index (χ0) is 20.9. The van der Waals surface area contributed by atoms with Crippen molar-refractivity contribution in [3.63, 3.8) is 0 Å². The smallest absolute Gasteiger partial charge is 0.177 e. The predicted molar refractivity (Wildman–Crippen MR) is 123 cm³/mol. The highest BCUT2D eigenvalue weighted by atomic mass is 16.3. The summed E-state index contributed by atoms with van der Waals surface area (Å²) in [5.74, 6) is 1.24. The highest BCUT2D eigenvalue weighted by Gasteiger charge is 2.22. The Morgan fingerprint density at radius 3 is 2.84 bits per heavy atom. The molecule has 1 fully saturated rings. The first-order valence-corrected chi connectivity index (χ1v) is 11.0. The van der Waals surface area contributed by atoms with Gasteiger partial charge in [-0.05, 0) is 37.0 Å². The quantitative estimate of drug-likeness (QED) is 0.470. The Kier molecular flexibility index (Phi) is 4.19. The SMILES string of the molecule is Cc1c(-c2ccc3c(c2)C=NC3)oc2c(N)ncc(-c3cnn(C4CCCCC4)c3)c12. The van der Waals surface area contributed by atoms with Gasteiger partial charge in [0.2, 0.25) is 0 Å². The summed E-state index contributed by atoms with van der Waals surface area (Å²) < 4.78 is 8.43. The van der Waals surface area contributed by atoms with Crippen LogP contribution in [-0.4, -0.2) is 21.0 Å². The fourth-order valence-corrected chi connectivity index (χ4v) is 5.03. The molecule has 0 spiro atoms. The number of aliphatic imine (C=N–C) groups is 1. The van der Waals surface area contributed by atoms with Crippen LogP contribution in [0.4, 0.5) is 5.82 Å². The van der Waals surface area contributed by atoms with Gasteiger partial charge in [-0.3, -0.25) is 9.67 Å². The average Bonchev–Trinajstić information content (AvgIpc) is 3.54. The van der Waals surface area contributed by atoms with Gasteiger partial charge in [0.25, 0.3) is 0 Å². The zero-order valence-corrected chi connectivity index (χ0v) is 17.6. The molecule has 0 unspecified atom stereocenters. The van der Waals surface area contributed by atoms with E-state index in [4.69, 9.17) is 15.2 Å². The molecule has 31 heavy (non-hydrogen) atoms. The van der Waals surface area contributed by atoms with E-state index in [1.165, 1.54) is 37.7 Å². The molecule has 2 aliphatic rings. The van der Waals surface area contributed by atoms with E-state index in [9.17, 15) is 0 Å². The van der Waals surface area contributed by atoms with Gasteiger partial charge in [0.1, 0.15) is 5.76 Å². The van der Waals surface area contributed by atoms with Crippen LogP contribution in [0.15, 0.2) is 46.2 Å². The van der Waals surface area contributed by atoms with Crippen molar-refractivity contribution in [3.8, 4) is 22.5 Å². The van der Waals surface area contributed by atoms with Crippen molar-refractivity contribution in [3.05, 3.63) is 53.5 Å². The van der Waals surface area contributed by atoms with Crippen molar-refractivity contribution in [1.82, 2.24) is 14.8 Å². The Morgan fingerprint density at radius 1 is 1.10 bits per heavy atom. The number of benzene rings is 1. The van der Waals surface area contributed by atoms with E-state index >= 15 is 0 Å². The van der Waals surface area contributed by atoms with Gasteiger partial charge in [-0.1, -0.05) is 31.4 Å². The summed E-state index contributed by atoms with van der Waals surface area (Å²) in [5.41, 5.74) is 13.4. The fourth-order valence-electron chi connectivity index (χ4n) is 5.03. The molecule has 2 N–H and O–H groups in total. The summed E-state index contributed by atoms with van der Waals surface area (Å²) in [6.07, 6.45) is 14.2. The maximum atomic E-state index is 6.30. The number of fused-ring (bicyclic) bond motifs is 2. The lowest BCUT2D eigenvalue weighted by Crippen LogP contribution is -2.12. The molecule has 1 saturated carbocycles. The van der Waals surface area contributed by atoms with E-state index < -0.39 is 0 Å². The second-order valence-electron chi connectivity index (χ2n) is 8.70. The van der Waals surface area contributed by atoms with Crippen LogP contribution >= 0.6 is 0 Å². The topological polar surface area (TPSA) is 82.2 Å². The molecular formula is C25H25N5O. The molecule has 156 valence electrons. The molecular weight excluding hydrogens is 386 g/mol. The van der Waals surface area contributed by atoms with Gasteiger partial charge >= 0.3 is 0 Å².